The quantitative estimate of drug-likeness (QED) is 0.864. The van der Waals surface area contributed by atoms with Crippen molar-refractivity contribution in [3.8, 4) is 0 Å². The van der Waals surface area contributed by atoms with Crippen LogP contribution in [-0.2, 0) is 0 Å². The summed E-state index contributed by atoms with van der Waals surface area (Å²) < 4.78 is 0. The summed E-state index contributed by atoms with van der Waals surface area (Å²) in [5.74, 6) is 1.84. The Morgan fingerprint density at radius 2 is 2.11 bits per heavy atom. The van der Waals surface area contributed by atoms with Crippen LogP contribution in [0.2, 0.25) is 0 Å². The minimum absolute atomic E-state index is 0.109. The lowest BCUT2D eigenvalue weighted by Gasteiger charge is -2.05. The zero-order valence-electron chi connectivity index (χ0n) is 10.2. The third kappa shape index (κ3) is 2.27. The molecule has 0 amide bonds. The first-order valence-electron chi connectivity index (χ1n) is 6.12. The lowest BCUT2D eigenvalue weighted by atomic mass is 10.1. The number of anilines is 1. The predicted octanol–water partition coefficient (Wildman–Crippen LogP) is 2.05. The summed E-state index contributed by atoms with van der Waals surface area (Å²) in [4.78, 5) is 18.2. The Bertz CT molecular complexity index is 606. The molecule has 0 spiro atoms. The first kappa shape index (κ1) is 11.0. The van der Waals surface area contributed by atoms with Crippen LogP contribution in [0.5, 0.6) is 0 Å². The van der Waals surface area contributed by atoms with E-state index in [0.29, 0.717) is 23.6 Å². The number of nitrogens with one attached hydrogen (secondary N) is 2. The van der Waals surface area contributed by atoms with Gasteiger partial charge in [-0.2, -0.15) is 0 Å². The zero-order valence-corrected chi connectivity index (χ0v) is 10.2. The molecular formula is C14H15N3O. The highest BCUT2D eigenvalue weighted by molar-refractivity contribution is 5.41. The summed E-state index contributed by atoms with van der Waals surface area (Å²) in [7, 11) is 0. The fourth-order valence-electron chi connectivity index (χ4n) is 2.27. The normalized spacial score (nSPS) is 21.6. The van der Waals surface area contributed by atoms with E-state index in [2.05, 4.69) is 39.6 Å². The average Bonchev–Trinajstić information content (AvgIpc) is 3.08. The van der Waals surface area contributed by atoms with Crippen molar-refractivity contribution in [1.82, 2.24) is 9.97 Å². The van der Waals surface area contributed by atoms with Gasteiger partial charge in [0, 0.05) is 18.0 Å². The van der Waals surface area contributed by atoms with Gasteiger partial charge in [-0.1, -0.05) is 30.3 Å². The largest absolute Gasteiger partial charge is 0.366 e. The molecule has 1 fully saturated rings. The Hall–Kier alpha value is -2.10. The Kier molecular flexibility index (Phi) is 2.63. The number of hydrogen-bond acceptors (Lipinski definition) is 3. The highest BCUT2D eigenvalue weighted by Gasteiger charge is 2.38. The molecule has 0 aliphatic heterocycles. The summed E-state index contributed by atoms with van der Waals surface area (Å²) in [6.07, 6.45) is 1.09. The third-order valence-electron chi connectivity index (χ3n) is 3.21. The summed E-state index contributed by atoms with van der Waals surface area (Å²) in [6.45, 7) is 1.79. The number of aromatic nitrogens is 2. The molecule has 0 radical (unpaired) electrons. The Labute approximate surface area is 105 Å². The van der Waals surface area contributed by atoms with Crippen molar-refractivity contribution in [2.45, 2.75) is 25.3 Å². The lowest BCUT2D eigenvalue weighted by Crippen LogP contribution is -2.13. The molecule has 1 aliphatic rings. The van der Waals surface area contributed by atoms with Gasteiger partial charge in [0.15, 0.2) is 0 Å². The van der Waals surface area contributed by atoms with Crippen molar-refractivity contribution >= 4 is 5.82 Å². The van der Waals surface area contributed by atoms with Gasteiger partial charge in [0.25, 0.3) is 5.56 Å². The molecule has 1 saturated carbocycles. The second-order valence-electron chi connectivity index (χ2n) is 4.72. The minimum Gasteiger partial charge on any atom is -0.366 e. The van der Waals surface area contributed by atoms with Gasteiger partial charge < -0.3 is 10.3 Å². The topological polar surface area (TPSA) is 57.8 Å². The molecule has 0 bridgehead atoms. The van der Waals surface area contributed by atoms with Gasteiger partial charge >= 0.3 is 0 Å². The molecule has 92 valence electrons. The Morgan fingerprint density at radius 3 is 2.83 bits per heavy atom. The van der Waals surface area contributed by atoms with Crippen molar-refractivity contribution < 1.29 is 0 Å². The molecule has 2 aromatic rings. The zero-order chi connectivity index (χ0) is 12.5. The van der Waals surface area contributed by atoms with Crippen LogP contribution in [0, 0.1) is 6.92 Å². The first-order valence-corrected chi connectivity index (χ1v) is 6.12. The number of nitrogens with zero attached hydrogens (tertiary/aromatic N) is 1. The van der Waals surface area contributed by atoms with Gasteiger partial charge in [-0.25, -0.2) is 4.98 Å². The molecule has 18 heavy (non-hydrogen) atoms. The molecule has 4 nitrogen and oxygen atoms in total. The van der Waals surface area contributed by atoms with Gasteiger partial charge in [-0.15, -0.1) is 0 Å². The number of aryl methyl sites for hydroxylation is 1. The molecule has 4 heteroatoms. The predicted molar refractivity (Wildman–Crippen MR) is 70.8 cm³/mol. The lowest BCUT2D eigenvalue weighted by molar-refractivity contribution is 0.978. The maximum Gasteiger partial charge on any atom is 0.252 e. The highest BCUT2D eigenvalue weighted by atomic mass is 16.1. The van der Waals surface area contributed by atoms with Crippen LogP contribution >= 0.6 is 0 Å². The van der Waals surface area contributed by atoms with Crippen molar-refractivity contribution in [3.05, 3.63) is 58.1 Å². The fourth-order valence-corrected chi connectivity index (χ4v) is 2.27. The molecule has 2 N–H and O–H groups in total. The van der Waals surface area contributed by atoms with E-state index in [4.69, 9.17) is 0 Å². The van der Waals surface area contributed by atoms with Crippen LogP contribution < -0.4 is 10.9 Å². The van der Waals surface area contributed by atoms with E-state index in [0.717, 1.165) is 6.42 Å². The first-order chi connectivity index (χ1) is 8.72. The standard InChI is InChI=1S/C14H15N3O/c1-9-15-13(8-14(18)16-9)17-12-7-11(12)10-5-3-2-4-6-10/h2-6,8,11-12H,7H2,1H3,(H2,15,16,17,18). The number of hydrogen-bond donors (Lipinski definition) is 2. The van der Waals surface area contributed by atoms with E-state index < -0.39 is 0 Å². The van der Waals surface area contributed by atoms with Crippen LogP contribution in [0.4, 0.5) is 5.82 Å². The number of benzene rings is 1. The van der Waals surface area contributed by atoms with Gasteiger partial charge in [-0.3, -0.25) is 4.79 Å². The summed E-state index contributed by atoms with van der Waals surface area (Å²) in [5, 5.41) is 3.31. The van der Waals surface area contributed by atoms with E-state index in [1.54, 1.807) is 6.92 Å². The summed E-state index contributed by atoms with van der Waals surface area (Å²) in [6, 6.07) is 12.3. The van der Waals surface area contributed by atoms with E-state index in [1.807, 2.05) is 6.07 Å². The summed E-state index contributed by atoms with van der Waals surface area (Å²) >= 11 is 0. The Morgan fingerprint density at radius 1 is 1.33 bits per heavy atom. The van der Waals surface area contributed by atoms with Crippen molar-refractivity contribution in [2.75, 3.05) is 5.32 Å². The van der Waals surface area contributed by atoms with Crippen LogP contribution in [-0.4, -0.2) is 16.0 Å². The van der Waals surface area contributed by atoms with Gasteiger partial charge in [0.05, 0.1) is 0 Å². The van der Waals surface area contributed by atoms with Crippen LogP contribution in [0.25, 0.3) is 0 Å². The van der Waals surface area contributed by atoms with Gasteiger partial charge in [0.1, 0.15) is 11.6 Å². The van der Waals surface area contributed by atoms with Gasteiger partial charge in [-0.05, 0) is 18.9 Å². The molecule has 1 aromatic heterocycles. The van der Waals surface area contributed by atoms with E-state index >= 15 is 0 Å². The third-order valence-corrected chi connectivity index (χ3v) is 3.21. The van der Waals surface area contributed by atoms with Crippen molar-refractivity contribution in [1.29, 1.82) is 0 Å². The molecular weight excluding hydrogens is 226 g/mol. The van der Waals surface area contributed by atoms with Gasteiger partial charge in [0.2, 0.25) is 0 Å². The maximum absolute atomic E-state index is 11.3. The molecule has 1 aromatic carbocycles. The molecule has 0 saturated heterocycles. The highest BCUT2D eigenvalue weighted by Crippen LogP contribution is 2.42. The number of aromatic amines is 1. The van der Waals surface area contributed by atoms with Crippen LogP contribution in [0.15, 0.2) is 41.2 Å². The van der Waals surface area contributed by atoms with E-state index in [1.165, 1.54) is 11.6 Å². The van der Waals surface area contributed by atoms with Crippen LogP contribution in [0.3, 0.4) is 0 Å². The number of rotatable bonds is 3. The molecule has 3 rings (SSSR count). The molecule has 1 aliphatic carbocycles. The Balaban J connectivity index is 1.71. The summed E-state index contributed by atoms with van der Waals surface area (Å²) in [5.41, 5.74) is 1.23. The maximum atomic E-state index is 11.3. The van der Waals surface area contributed by atoms with E-state index in [-0.39, 0.29) is 5.56 Å². The second-order valence-corrected chi connectivity index (χ2v) is 4.72. The van der Waals surface area contributed by atoms with Crippen LogP contribution in [0.1, 0.15) is 23.7 Å². The van der Waals surface area contributed by atoms with Crippen molar-refractivity contribution in [2.24, 2.45) is 0 Å². The number of H-pyrrole nitrogens is 1. The molecule has 2 atom stereocenters. The van der Waals surface area contributed by atoms with E-state index in [9.17, 15) is 4.79 Å². The molecule has 2 unspecified atom stereocenters. The average molecular weight is 241 g/mol. The molecule has 1 heterocycles. The monoisotopic (exact) mass is 241 g/mol. The fraction of sp³-hybridized carbons (Fsp3) is 0.286. The SMILES string of the molecule is Cc1nc(NC2CC2c2ccccc2)cc(=O)[nH]1. The van der Waals surface area contributed by atoms with Crippen molar-refractivity contribution in [3.63, 3.8) is 0 Å². The smallest absolute Gasteiger partial charge is 0.252 e. The minimum atomic E-state index is -0.109. The second kappa shape index (κ2) is 4.29.